The van der Waals surface area contributed by atoms with Crippen LogP contribution in [0.2, 0.25) is 0 Å². The van der Waals surface area contributed by atoms with Crippen LogP contribution in [0.1, 0.15) is 0 Å². The highest BCUT2D eigenvalue weighted by Gasteiger charge is 2.00. The number of ether oxygens (including phenoxy) is 1. The predicted molar refractivity (Wildman–Crippen MR) is 56.8 cm³/mol. The summed E-state index contributed by atoms with van der Waals surface area (Å²) >= 11 is 0. The van der Waals surface area contributed by atoms with Crippen LogP contribution in [-0.2, 0) is 0 Å². The van der Waals surface area contributed by atoms with Crippen molar-refractivity contribution in [2.75, 3.05) is 7.11 Å². The first-order valence-corrected chi connectivity index (χ1v) is 4.49. The minimum Gasteiger partial charge on any atom is -0.497 e. The molecule has 0 bridgehead atoms. The van der Waals surface area contributed by atoms with E-state index in [0.717, 1.165) is 16.9 Å². The largest absolute Gasteiger partial charge is 0.497 e. The van der Waals surface area contributed by atoms with Gasteiger partial charge in [0.05, 0.1) is 13.3 Å². The standard InChI is InChI=1S/C11H10N2O2/c1-15-10-4-2-3-8(5-10)9-6-11(14)13-12-7-9/h2-7H,1H3,(H,13,14). The Morgan fingerprint density at radius 2 is 2.13 bits per heavy atom. The summed E-state index contributed by atoms with van der Waals surface area (Å²) in [4.78, 5) is 11.1. The van der Waals surface area contributed by atoms with Crippen molar-refractivity contribution in [2.24, 2.45) is 0 Å². The third kappa shape index (κ3) is 2.04. The summed E-state index contributed by atoms with van der Waals surface area (Å²) in [6, 6.07) is 8.98. The number of hydrogen-bond acceptors (Lipinski definition) is 3. The molecule has 4 nitrogen and oxygen atoms in total. The molecule has 2 aromatic rings. The fourth-order valence-corrected chi connectivity index (χ4v) is 1.34. The molecule has 1 aromatic carbocycles. The van der Waals surface area contributed by atoms with Crippen LogP contribution < -0.4 is 10.3 Å². The van der Waals surface area contributed by atoms with Gasteiger partial charge in [-0.3, -0.25) is 4.79 Å². The second-order valence-corrected chi connectivity index (χ2v) is 3.07. The van der Waals surface area contributed by atoms with Crippen molar-refractivity contribution in [2.45, 2.75) is 0 Å². The van der Waals surface area contributed by atoms with Crippen LogP contribution >= 0.6 is 0 Å². The molecule has 76 valence electrons. The zero-order valence-corrected chi connectivity index (χ0v) is 8.23. The van der Waals surface area contributed by atoms with E-state index in [4.69, 9.17) is 4.74 Å². The predicted octanol–water partition coefficient (Wildman–Crippen LogP) is 1.45. The quantitative estimate of drug-likeness (QED) is 0.801. The molecule has 0 aliphatic heterocycles. The van der Waals surface area contributed by atoms with E-state index in [0.29, 0.717) is 0 Å². The van der Waals surface area contributed by atoms with E-state index < -0.39 is 0 Å². The number of aromatic nitrogens is 2. The van der Waals surface area contributed by atoms with E-state index in [2.05, 4.69) is 10.2 Å². The van der Waals surface area contributed by atoms with E-state index in [1.165, 1.54) is 6.07 Å². The highest BCUT2D eigenvalue weighted by Crippen LogP contribution is 2.21. The molecule has 1 heterocycles. The minimum absolute atomic E-state index is 0.213. The molecular weight excluding hydrogens is 192 g/mol. The Morgan fingerprint density at radius 1 is 1.27 bits per heavy atom. The van der Waals surface area contributed by atoms with E-state index in [-0.39, 0.29) is 5.56 Å². The molecule has 0 aliphatic carbocycles. The number of hydrogen-bond donors (Lipinski definition) is 1. The van der Waals surface area contributed by atoms with Crippen LogP contribution in [0.25, 0.3) is 11.1 Å². The van der Waals surface area contributed by atoms with Crippen molar-refractivity contribution in [3.8, 4) is 16.9 Å². The smallest absolute Gasteiger partial charge is 0.264 e. The lowest BCUT2D eigenvalue weighted by molar-refractivity contribution is 0.415. The lowest BCUT2D eigenvalue weighted by Crippen LogP contribution is -2.05. The van der Waals surface area contributed by atoms with Crippen molar-refractivity contribution >= 4 is 0 Å². The molecule has 0 saturated heterocycles. The van der Waals surface area contributed by atoms with E-state index in [9.17, 15) is 4.79 Å². The molecule has 4 heteroatoms. The Balaban J connectivity index is 2.49. The highest BCUT2D eigenvalue weighted by atomic mass is 16.5. The second-order valence-electron chi connectivity index (χ2n) is 3.07. The van der Waals surface area contributed by atoms with Crippen LogP contribution in [-0.4, -0.2) is 17.3 Å². The number of methoxy groups -OCH3 is 1. The fraction of sp³-hybridized carbons (Fsp3) is 0.0909. The SMILES string of the molecule is COc1cccc(-c2cn[nH]c(=O)c2)c1. The van der Waals surface area contributed by atoms with E-state index in [1.807, 2.05) is 24.3 Å². The summed E-state index contributed by atoms with van der Waals surface area (Å²) in [6.45, 7) is 0. The van der Waals surface area contributed by atoms with Gasteiger partial charge in [-0.2, -0.15) is 5.10 Å². The Hall–Kier alpha value is -2.10. The molecule has 1 aromatic heterocycles. The normalized spacial score (nSPS) is 9.93. The van der Waals surface area contributed by atoms with Crippen LogP contribution in [0.4, 0.5) is 0 Å². The third-order valence-corrected chi connectivity index (χ3v) is 2.07. The first-order valence-electron chi connectivity index (χ1n) is 4.49. The Kier molecular flexibility index (Phi) is 2.49. The molecule has 0 saturated carbocycles. The Bertz CT molecular complexity index is 520. The summed E-state index contributed by atoms with van der Waals surface area (Å²) in [7, 11) is 1.61. The number of nitrogens with zero attached hydrogens (tertiary/aromatic N) is 1. The van der Waals surface area contributed by atoms with E-state index >= 15 is 0 Å². The number of H-pyrrole nitrogens is 1. The second kappa shape index (κ2) is 3.96. The summed E-state index contributed by atoms with van der Waals surface area (Å²) in [5, 5.41) is 6.07. The van der Waals surface area contributed by atoms with Crippen molar-refractivity contribution in [1.82, 2.24) is 10.2 Å². The van der Waals surface area contributed by atoms with Crippen molar-refractivity contribution < 1.29 is 4.74 Å². The monoisotopic (exact) mass is 202 g/mol. The van der Waals surface area contributed by atoms with E-state index in [1.54, 1.807) is 13.3 Å². The molecule has 1 N–H and O–H groups in total. The zero-order chi connectivity index (χ0) is 10.7. The van der Waals surface area contributed by atoms with Gasteiger partial charge >= 0.3 is 0 Å². The third-order valence-electron chi connectivity index (χ3n) is 2.07. The average molecular weight is 202 g/mol. The first kappa shape index (κ1) is 9.45. The first-order chi connectivity index (χ1) is 7.29. The van der Waals surface area contributed by atoms with Gasteiger partial charge in [-0.1, -0.05) is 12.1 Å². The minimum atomic E-state index is -0.213. The van der Waals surface area contributed by atoms with Gasteiger partial charge in [0.2, 0.25) is 0 Å². The molecule has 0 radical (unpaired) electrons. The van der Waals surface area contributed by atoms with Gasteiger partial charge in [0.15, 0.2) is 0 Å². The van der Waals surface area contributed by atoms with Gasteiger partial charge in [0.25, 0.3) is 5.56 Å². The maximum Gasteiger partial charge on any atom is 0.264 e. The number of benzene rings is 1. The number of rotatable bonds is 2. The lowest BCUT2D eigenvalue weighted by Gasteiger charge is -2.03. The van der Waals surface area contributed by atoms with Gasteiger partial charge in [-0.15, -0.1) is 0 Å². The van der Waals surface area contributed by atoms with Crippen LogP contribution in [0, 0.1) is 0 Å². The van der Waals surface area contributed by atoms with Gasteiger partial charge in [0, 0.05) is 11.6 Å². The lowest BCUT2D eigenvalue weighted by atomic mass is 10.1. The average Bonchev–Trinajstić information content (AvgIpc) is 2.29. The molecule has 0 atom stereocenters. The zero-order valence-electron chi connectivity index (χ0n) is 8.23. The summed E-state index contributed by atoms with van der Waals surface area (Å²) in [5.41, 5.74) is 1.47. The van der Waals surface area contributed by atoms with Crippen molar-refractivity contribution in [1.29, 1.82) is 0 Å². The molecular formula is C11H10N2O2. The Morgan fingerprint density at radius 3 is 2.87 bits per heavy atom. The molecule has 0 amide bonds. The van der Waals surface area contributed by atoms with Crippen molar-refractivity contribution in [3.63, 3.8) is 0 Å². The van der Waals surface area contributed by atoms with Gasteiger partial charge in [0.1, 0.15) is 5.75 Å². The molecule has 15 heavy (non-hydrogen) atoms. The summed E-state index contributed by atoms with van der Waals surface area (Å²) in [5.74, 6) is 0.757. The topological polar surface area (TPSA) is 55.0 Å². The summed E-state index contributed by atoms with van der Waals surface area (Å²) in [6.07, 6.45) is 1.61. The molecule has 0 unspecified atom stereocenters. The Labute approximate surface area is 86.5 Å². The van der Waals surface area contributed by atoms with Gasteiger partial charge in [-0.25, -0.2) is 5.10 Å². The molecule has 2 rings (SSSR count). The molecule has 0 spiro atoms. The van der Waals surface area contributed by atoms with Crippen LogP contribution in [0.15, 0.2) is 41.3 Å². The van der Waals surface area contributed by atoms with Crippen LogP contribution in [0.3, 0.4) is 0 Å². The van der Waals surface area contributed by atoms with Crippen LogP contribution in [0.5, 0.6) is 5.75 Å². The number of aromatic amines is 1. The molecule has 0 fully saturated rings. The maximum atomic E-state index is 11.1. The van der Waals surface area contributed by atoms with Gasteiger partial charge < -0.3 is 4.74 Å². The summed E-state index contributed by atoms with van der Waals surface area (Å²) < 4.78 is 5.10. The maximum absolute atomic E-state index is 11.1. The van der Waals surface area contributed by atoms with Gasteiger partial charge in [-0.05, 0) is 17.7 Å². The molecule has 0 aliphatic rings. The highest BCUT2D eigenvalue weighted by molar-refractivity contribution is 5.63. The fourth-order valence-electron chi connectivity index (χ4n) is 1.34. The number of nitrogens with one attached hydrogen (secondary N) is 1. The van der Waals surface area contributed by atoms with Crippen molar-refractivity contribution in [3.05, 3.63) is 46.9 Å².